The van der Waals surface area contributed by atoms with E-state index in [-0.39, 0.29) is 16.7 Å². The molecule has 0 heterocycles. The van der Waals surface area contributed by atoms with E-state index < -0.39 is 0 Å². The highest BCUT2D eigenvalue weighted by atomic mass is 79.9. The summed E-state index contributed by atoms with van der Waals surface area (Å²) in [5.41, 5.74) is 7.20. The van der Waals surface area contributed by atoms with Crippen LogP contribution in [0, 0.1) is 16.0 Å². The molecule has 18 heavy (non-hydrogen) atoms. The monoisotopic (exact) mass is 314 g/mol. The van der Waals surface area contributed by atoms with Crippen LogP contribution in [-0.2, 0) is 6.42 Å². The molecule has 0 aliphatic heterocycles. The van der Waals surface area contributed by atoms with Crippen LogP contribution in [0.15, 0.2) is 22.7 Å². The third kappa shape index (κ3) is 4.74. The lowest BCUT2D eigenvalue weighted by Crippen LogP contribution is -2.22. The second-order valence-electron chi connectivity index (χ2n) is 4.96. The first-order valence-electron chi connectivity index (χ1n) is 6.08. The highest BCUT2D eigenvalue weighted by Crippen LogP contribution is 2.24. The molecule has 1 unspecified atom stereocenters. The quantitative estimate of drug-likeness (QED) is 0.643. The lowest BCUT2D eigenvalue weighted by molar-refractivity contribution is -0.384. The summed E-state index contributed by atoms with van der Waals surface area (Å²) in [7, 11) is 0. The molecule has 0 bridgehead atoms. The van der Waals surface area contributed by atoms with Gasteiger partial charge in [0.05, 0.1) is 4.92 Å². The van der Waals surface area contributed by atoms with Crippen LogP contribution in [0.1, 0.15) is 32.3 Å². The summed E-state index contributed by atoms with van der Waals surface area (Å²) < 4.78 is 0.786. The number of hydrogen-bond acceptors (Lipinski definition) is 3. The van der Waals surface area contributed by atoms with Gasteiger partial charge < -0.3 is 5.73 Å². The summed E-state index contributed by atoms with van der Waals surface area (Å²) in [4.78, 5) is 10.2. The molecule has 0 amide bonds. The Morgan fingerprint density at radius 1 is 1.44 bits per heavy atom. The molecule has 0 saturated carbocycles. The van der Waals surface area contributed by atoms with Gasteiger partial charge in [0.1, 0.15) is 0 Å². The Labute approximate surface area is 116 Å². The average molecular weight is 315 g/mol. The Kier molecular flexibility index (Phi) is 5.75. The smallest absolute Gasteiger partial charge is 0.270 e. The van der Waals surface area contributed by atoms with Gasteiger partial charge in [0.15, 0.2) is 0 Å². The van der Waals surface area contributed by atoms with Crippen LogP contribution in [0.3, 0.4) is 0 Å². The lowest BCUT2D eigenvalue weighted by atomic mass is 9.98. The molecule has 100 valence electrons. The first-order valence-corrected chi connectivity index (χ1v) is 6.88. The van der Waals surface area contributed by atoms with Crippen LogP contribution in [0.5, 0.6) is 0 Å². The highest BCUT2D eigenvalue weighted by molar-refractivity contribution is 9.10. The Morgan fingerprint density at radius 3 is 2.61 bits per heavy atom. The summed E-state index contributed by atoms with van der Waals surface area (Å²) in [6, 6.07) is 5.06. The molecule has 2 N–H and O–H groups in total. The van der Waals surface area contributed by atoms with E-state index in [1.165, 1.54) is 6.07 Å². The van der Waals surface area contributed by atoms with Crippen molar-refractivity contribution >= 4 is 21.6 Å². The maximum Gasteiger partial charge on any atom is 0.270 e. The molecule has 0 saturated heterocycles. The molecule has 0 aliphatic carbocycles. The topological polar surface area (TPSA) is 69.2 Å². The first-order chi connectivity index (χ1) is 8.40. The van der Waals surface area contributed by atoms with Gasteiger partial charge in [0, 0.05) is 22.6 Å². The van der Waals surface area contributed by atoms with E-state index >= 15 is 0 Å². The number of rotatable bonds is 6. The number of non-ortho nitro benzene ring substituents is 1. The van der Waals surface area contributed by atoms with Crippen LogP contribution in [-0.4, -0.2) is 11.0 Å². The lowest BCUT2D eigenvalue weighted by Gasteiger charge is -2.14. The van der Waals surface area contributed by atoms with Crippen LogP contribution in [0.25, 0.3) is 0 Å². The van der Waals surface area contributed by atoms with Crippen molar-refractivity contribution in [3.63, 3.8) is 0 Å². The third-order valence-corrected chi connectivity index (χ3v) is 3.54. The summed E-state index contributed by atoms with van der Waals surface area (Å²) in [5, 5.41) is 10.6. The fourth-order valence-corrected chi connectivity index (χ4v) is 2.48. The van der Waals surface area contributed by atoms with Crippen LogP contribution < -0.4 is 5.73 Å². The molecule has 1 aromatic carbocycles. The van der Waals surface area contributed by atoms with E-state index in [0.717, 1.165) is 29.3 Å². The van der Waals surface area contributed by atoms with Gasteiger partial charge in [0.2, 0.25) is 0 Å². The van der Waals surface area contributed by atoms with Crippen molar-refractivity contribution in [1.82, 2.24) is 0 Å². The van der Waals surface area contributed by atoms with Gasteiger partial charge in [-0.1, -0.05) is 35.8 Å². The van der Waals surface area contributed by atoms with Gasteiger partial charge in [-0.25, -0.2) is 0 Å². The largest absolute Gasteiger partial charge is 0.328 e. The van der Waals surface area contributed by atoms with E-state index in [2.05, 4.69) is 29.8 Å². The third-order valence-electron chi connectivity index (χ3n) is 2.81. The fraction of sp³-hybridized carbons (Fsp3) is 0.538. The van der Waals surface area contributed by atoms with Crippen LogP contribution in [0.2, 0.25) is 0 Å². The summed E-state index contributed by atoms with van der Waals surface area (Å²) in [5.74, 6) is 0.598. The molecule has 4 nitrogen and oxygen atoms in total. The molecule has 1 atom stereocenters. The highest BCUT2D eigenvalue weighted by Gasteiger charge is 2.11. The van der Waals surface area contributed by atoms with E-state index in [4.69, 9.17) is 5.73 Å². The van der Waals surface area contributed by atoms with Gasteiger partial charge >= 0.3 is 0 Å². The molecule has 0 spiro atoms. The number of nitrogens with zero attached hydrogens (tertiary/aromatic N) is 1. The number of nitro benzene ring substituents is 1. The molecule has 0 aromatic heterocycles. The molecule has 1 aromatic rings. The maximum absolute atomic E-state index is 10.6. The molecular formula is C13H19BrN2O2. The SMILES string of the molecule is CC(C)CC(N)CCc1ccc([N+](=O)[O-])cc1Br. The van der Waals surface area contributed by atoms with Crippen molar-refractivity contribution in [3.8, 4) is 0 Å². The Hall–Kier alpha value is -0.940. The number of hydrogen-bond donors (Lipinski definition) is 1. The zero-order valence-electron chi connectivity index (χ0n) is 10.7. The minimum Gasteiger partial charge on any atom is -0.328 e. The second-order valence-corrected chi connectivity index (χ2v) is 5.82. The van der Waals surface area contributed by atoms with E-state index in [0.29, 0.717) is 5.92 Å². The van der Waals surface area contributed by atoms with E-state index in [1.54, 1.807) is 12.1 Å². The second kappa shape index (κ2) is 6.85. The Morgan fingerprint density at radius 2 is 2.11 bits per heavy atom. The van der Waals surface area contributed by atoms with Crippen molar-refractivity contribution < 1.29 is 4.92 Å². The molecule has 0 radical (unpaired) electrons. The number of aryl methyl sites for hydroxylation is 1. The Bertz CT molecular complexity index is 421. The number of benzene rings is 1. The maximum atomic E-state index is 10.6. The summed E-state index contributed by atoms with van der Waals surface area (Å²) >= 11 is 3.37. The van der Waals surface area contributed by atoms with Gasteiger partial charge in [-0.3, -0.25) is 10.1 Å². The zero-order chi connectivity index (χ0) is 13.7. The minimum atomic E-state index is -0.390. The first kappa shape index (κ1) is 15.1. The summed E-state index contributed by atoms with van der Waals surface area (Å²) in [6.07, 6.45) is 2.74. The van der Waals surface area contributed by atoms with Crippen molar-refractivity contribution in [2.45, 2.75) is 39.2 Å². The van der Waals surface area contributed by atoms with Crippen LogP contribution in [0.4, 0.5) is 5.69 Å². The molecular weight excluding hydrogens is 296 g/mol. The minimum absolute atomic E-state index is 0.108. The zero-order valence-corrected chi connectivity index (χ0v) is 12.3. The number of nitrogens with two attached hydrogens (primary N) is 1. The molecule has 1 rings (SSSR count). The van der Waals surface area contributed by atoms with Gasteiger partial charge in [-0.05, 0) is 30.7 Å². The predicted octanol–water partition coefficient (Wildman–Crippen LogP) is 3.66. The molecule has 0 aliphatic rings. The number of nitro groups is 1. The van der Waals surface area contributed by atoms with Crippen molar-refractivity contribution in [1.29, 1.82) is 0 Å². The van der Waals surface area contributed by atoms with Gasteiger partial charge in [-0.15, -0.1) is 0 Å². The van der Waals surface area contributed by atoms with E-state index in [9.17, 15) is 10.1 Å². The van der Waals surface area contributed by atoms with Crippen molar-refractivity contribution in [3.05, 3.63) is 38.3 Å². The fourth-order valence-electron chi connectivity index (χ4n) is 1.92. The summed E-state index contributed by atoms with van der Waals surface area (Å²) in [6.45, 7) is 4.31. The predicted molar refractivity (Wildman–Crippen MR) is 76.5 cm³/mol. The number of halogens is 1. The van der Waals surface area contributed by atoms with Gasteiger partial charge in [-0.2, -0.15) is 0 Å². The molecule has 5 heteroatoms. The van der Waals surface area contributed by atoms with Crippen molar-refractivity contribution in [2.75, 3.05) is 0 Å². The van der Waals surface area contributed by atoms with Crippen molar-refractivity contribution in [2.24, 2.45) is 11.7 Å². The molecule has 0 fully saturated rings. The van der Waals surface area contributed by atoms with Gasteiger partial charge in [0.25, 0.3) is 5.69 Å². The van der Waals surface area contributed by atoms with Crippen LogP contribution >= 0.6 is 15.9 Å². The Balaban J connectivity index is 2.60. The normalized spacial score (nSPS) is 12.7. The average Bonchev–Trinajstić information content (AvgIpc) is 2.26. The standard InChI is InChI=1S/C13H19BrN2O2/c1-9(2)7-11(15)5-3-10-4-6-12(16(17)18)8-13(10)14/h4,6,8-9,11H,3,5,7,15H2,1-2H3. The van der Waals surface area contributed by atoms with E-state index in [1.807, 2.05) is 0 Å².